The average Bonchev–Trinajstić information content (AvgIpc) is 3.03. The molecule has 1 aromatic rings. The van der Waals surface area contributed by atoms with E-state index < -0.39 is 0 Å². The molecule has 4 heteroatoms. The van der Waals surface area contributed by atoms with Gasteiger partial charge < -0.3 is 9.64 Å². The van der Waals surface area contributed by atoms with E-state index in [0.29, 0.717) is 13.1 Å². The number of carbonyl (C=O) groups is 1. The number of carbonyl (C=O) groups excluding carboxylic acids is 1. The average molecular weight is 246 g/mol. The minimum Gasteiger partial charge on any atom is -0.376 e. The zero-order chi connectivity index (χ0) is 12.4. The van der Waals surface area contributed by atoms with Gasteiger partial charge in [-0.05, 0) is 18.4 Å². The molecule has 2 atom stereocenters. The topological polar surface area (TPSA) is 41.6 Å². The van der Waals surface area contributed by atoms with Gasteiger partial charge in [-0.15, -0.1) is 0 Å². The van der Waals surface area contributed by atoms with Crippen LogP contribution in [0.25, 0.3) is 0 Å². The molecule has 2 unspecified atom stereocenters. The van der Waals surface area contributed by atoms with Crippen molar-refractivity contribution in [3.63, 3.8) is 0 Å². The SMILES string of the molecule is O=C1CNC(c2ccccc2)N1CC1CCCO1. The summed E-state index contributed by atoms with van der Waals surface area (Å²) in [6, 6.07) is 10.1. The molecule has 0 bridgehead atoms. The van der Waals surface area contributed by atoms with Gasteiger partial charge in [0.1, 0.15) is 6.17 Å². The van der Waals surface area contributed by atoms with E-state index >= 15 is 0 Å². The van der Waals surface area contributed by atoms with E-state index in [1.165, 1.54) is 0 Å². The first-order valence-corrected chi connectivity index (χ1v) is 6.54. The molecule has 4 nitrogen and oxygen atoms in total. The number of benzene rings is 1. The highest BCUT2D eigenvalue weighted by Gasteiger charge is 2.33. The Morgan fingerprint density at radius 3 is 2.89 bits per heavy atom. The van der Waals surface area contributed by atoms with Crippen molar-refractivity contribution in [1.82, 2.24) is 10.2 Å². The molecule has 2 aliphatic heterocycles. The number of ether oxygens (including phenoxy) is 1. The first-order valence-electron chi connectivity index (χ1n) is 6.54. The summed E-state index contributed by atoms with van der Waals surface area (Å²) in [5.74, 6) is 0.166. The van der Waals surface area contributed by atoms with Gasteiger partial charge in [-0.2, -0.15) is 0 Å². The van der Waals surface area contributed by atoms with Gasteiger partial charge >= 0.3 is 0 Å². The van der Waals surface area contributed by atoms with E-state index in [-0.39, 0.29) is 18.2 Å². The summed E-state index contributed by atoms with van der Waals surface area (Å²) in [6.45, 7) is 1.95. The summed E-state index contributed by atoms with van der Waals surface area (Å²) < 4.78 is 5.63. The minimum absolute atomic E-state index is 0.00269. The number of rotatable bonds is 3. The molecule has 0 aliphatic carbocycles. The summed E-state index contributed by atoms with van der Waals surface area (Å²) in [7, 11) is 0. The molecule has 1 amide bonds. The fraction of sp³-hybridized carbons (Fsp3) is 0.500. The highest BCUT2D eigenvalue weighted by molar-refractivity contribution is 5.81. The van der Waals surface area contributed by atoms with Crippen LogP contribution in [-0.4, -0.2) is 36.6 Å². The second-order valence-electron chi connectivity index (χ2n) is 4.88. The number of nitrogens with one attached hydrogen (secondary N) is 1. The molecule has 1 N–H and O–H groups in total. The number of hydrogen-bond donors (Lipinski definition) is 1. The predicted molar refractivity (Wildman–Crippen MR) is 67.9 cm³/mol. The predicted octanol–water partition coefficient (Wildman–Crippen LogP) is 1.30. The van der Waals surface area contributed by atoms with Crippen molar-refractivity contribution in [3.8, 4) is 0 Å². The fourth-order valence-corrected chi connectivity index (χ4v) is 2.69. The molecule has 96 valence electrons. The Kier molecular flexibility index (Phi) is 3.30. The third kappa shape index (κ3) is 2.26. The van der Waals surface area contributed by atoms with Gasteiger partial charge in [-0.3, -0.25) is 10.1 Å². The van der Waals surface area contributed by atoms with Gasteiger partial charge in [0, 0.05) is 13.2 Å². The molecule has 2 saturated heterocycles. The molecule has 0 spiro atoms. The molecule has 2 heterocycles. The van der Waals surface area contributed by atoms with Crippen molar-refractivity contribution >= 4 is 5.91 Å². The van der Waals surface area contributed by atoms with Gasteiger partial charge in [0.15, 0.2) is 0 Å². The molecule has 0 radical (unpaired) electrons. The molecule has 18 heavy (non-hydrogen) atoms. The summed E-state index contributed by atoms with van der Waals surface area (Å²) in [5.41, 5.74) is 1.14. The number of amides is 1. The molecule has 2 fully saturated rings. The van der Waals surface area contributed by atoms with Crippen LogP contribution < -0.4 is 5.32 Å². The summed E-state index contributed by atoms with van der Waals surface area (Å²) in [6.07, 6.45) is 2.38. The van der Waals surface area contributed by atoms with Crippen LogP contribution in [0.5, 0.6) is 0 Å². The zero-order valence-corrected chi connectivity index (χ0v) is 10.3. The zero-order valence-electron chi connectivity index (χ0n) is 10.3. The smallest absolute Gasteiger partial charge is 0.238 e. The van der Waals surface area contributed by atoms with Crippen LogP contribution in [0.4, 0.5) is 0 Å². The number of nitrogens with zero attached hydrogens (tertiary/aromatic N) is 1. The molecule has 0 saturated carbocycles. The van der Waals surface area contributed by atoms with Crippen LogP contribution >= 0.6 is 0 Å². The Morgan fingerprint density at radius 2 is 2.17 bits per heavy atom. The Bertz CT molecular complexity index is 415. The van der Waals surface area contributed by atoms with Crippen molar-refractivity contribution < 1.29 is 9.53 Å². The maximum atomic E-state index is 12.0. The van der Waals surface area contributed by atoms with Crippen LogP contribution in [0.2, 0.25) is 0 Å². The molecular formula is C14H18N2O2. The lowest BCUT2D eigenvalue weighted by Crippen LogP contribution is -2.36. The molecule has 2 aliphatic rings. The third-order valence-corrected chi connectivity index (χ3v) is 3.62. The van der Waals surface area contributed by atoms with Gasteiger partial charge in [0.05, 0.1) is 12.6 Å². The van der Waals surface area contributed by atoms with E-state index in [2.05, 4.69) is 17.4 Å². The van der Waals surface area contributed by atoms with E-state index in [4.69, 9.17) is 4.74 Å². The van der Waals surface area contributed by atoms with E-state index in [9.17, 15) is 4.79 Å². The van der Waals surface area contributed by atoms with Crippen LogP contribution in [0.3, 0.4) is 0 Å². The minimum atomic E-state index is 0.00269. The van der Waals surface area contributed by atoms with E-state index in [1.807, 2.05) is 23.1 Å². The first-order chi connectivity index (χ1) is 8.84. The monoisotopic (exact) mass is 246 g/mol. The quantitative estimate of drug-likeness (QED) is 0.874. The Morgan fingerprint density at radius 1 is 1.33 bits per heavy atom. The van der Waals surface area contributed by atoms with Crippen LogP contribution in [-0.2, 0) is 9.53 Å². The number of hydrogen-bond acceptors (Lipinski definition) is 3. The van der Waals surface area contributed by atoms with Crippen molar-refractivity contribution in [2.75, 3.05) is 19.7 Å². The molecule has 0 aromatic heterocycles. The summed E-state index contributed by atoms with van der Waals surface area (Å²) in [5, 5.41) is 3.27. The lowest BCUT2D eigenvalue weighted by Gasteiger charge is -2.27. The van der Waals surface area contributed by atoms with Crippen molar-refractivity contribution in [1.29, 1.82) is 0 Å². The molecular weight excluding hydrogens is 228 g/mol. The largest absolute Gasteiger partial charge is 0.376 e. The van der Waals surface area contributed by atoms with Gasteiger partial charge in [-0.25, -0.2) is 0 Å². The second kappa shape index (κ2) is 5.08. The third-order valence-electron chi connectivity index (χ3n) is 3.62. The van der Waals surface area contributed by atoms with Crippen molar-refractivity contribution in [2.45, 2.75) is 25.1 Å². The summed E-state index contributed by atoms with van der Waals surface area (Å²) >= 11 is 0. The lowest BCUT2D eigenvalue weighted by atomic mass is 10.1. The van der Waals surface area contributed by atoms with Gasteiger partial charge in [0.2, 0.25) is 5.91 Å². The van der Waals surface area contributed by atoms with Crippen molar-refractivity contribution in [3.05, 3.63) is 35.9 Å². The maximum Gasteiger partial charge on any atom is 0.238 e. The van der Waals surface area contributed by atoms with Crippen molar-refractivity contribution in [2.24, 2.45) is 0 Å². The second-order valence-corrected chi connectivity index (χ2v) is 4.88. The highest BCUT2D eigenvalue weighted by Crippen LogP contribution is 2.24. The standard InChI is InChI=1S/C14H18N2O2/c17-13-9-15-14(11-5-2-1-3-6-11)16(13)10-12-7-4-8-18-12/h1-3,5-6,12,14-15H,4,7-10H2. The van der Waals surface area contributed by atoms with E-state index in [1.54, 1.807) is 0 Å². The van der Waals surface area contributed by atoms with Crippen LogP contribution in [0, 0.1) is 0 Å². The van der Waals surface area contributed by atoms with E-state index in [0.717, 1.165) is 25.0 Å². The van der Waals surface area contributed by atoms with Crippen LogP contribution in [0.15, 0.2) is 30.3 Å². The fourth-order valence-electron chi connectivity index (χ4n) is 2.69. The van der Waals surface area contributed by atoms with Gasteiger partial charge in [0.25, 0.3) is 0 Å². The first kappa shape index (κ1) is 11.7. The van der Waals surface area contributed by atoms with Gasteiger partial charge in [-0.1, -0.05) is 30.3 Å². The molecule has 1 aromatic carbocycles. The Balaban J connectivity index is 1.74. The Labute approximate surface area is 107 Å². The molecule has 3 rings (SSSR count). The van der Waals surface area contributed by atoms with Crippen LogP contribution in [0.1, 0.15) is 24.6 Å². The normalized spacial score (nSPS) is 28.0. The Hall–Kier alpha value is -1.39. The highest BCUT2D eigenvalue weighted by atomic mass is 16.5. The maximum absolute atomic E-state index is 12.0. The lowest BCUT2D eigenvalue weighted by molar-refractivity contribution is -0.129. The summed E-state index contributed by atoms with van der Waals surface area (Å²) in [4.78, 5) is 13.9.